The van der Waals surface area contributed by atoms with Gasteiger partial charge >= 0.3 is 0 Å². The highest BCUT2D eigenvalue weighted by atomic mass is 17.0. The number of hydrogen-bond donors (Lipinski definition) is 3. The Morgan fingerprint density at radius 1 is 1.48 bits per heavy atom. The number of fused-ring (bicyclic) bond motifs is 1. The molecule has 0 aromatic carbocycles. The van der Waals surface area contributed by atoms with Crippen molar-refractivity contribution >= 4 is 0 Å². The highest BCUT2D eigenvalue weighted by Crippen LogP contribution is 2.52. The number of hydrogen-bond acceptors (Lipinski definition) is 8. The zero-order chi connectivity index (χ0) is 17.4. The van der Waals surface area contributed by atoms with Crippen LogP contribution in [-0.4, -0.2) is 69.7 Å². The third-order valence-corrected chi connectivity index (χ3v) is 5.28. The molecule has 3 N–H and O–H groups in total. The Morgan fingerprint density at radius 2 is 2.13 bits per heavy atom. The van der Waals surface area contributed by atoms with Crippen molar-refractivity contribution in [1.29, 1.82) is 0 Å². The molecular formula is C14H25NO8. The quantitative estimate of drug-likeness (QED) is 0.424. The Labute approximate surface area is 134 Å². The van der Waals surface area contributed by atoms with Crippen LogP contribution in [0.3, 0.4) is 0 Å². The van der Waals surface area contributed by atoms with Crippen LogP contribution in [-0.2, 0) is 14.3 Å². The lowest BCUT2D eigenvalue weighted by Gasteiger charge is -2.51. The molecule has 2 heterocycles. The Bertz CT molecular complexity index is 446. The number of ether oxygens (including phenoxy) is 2. The smallest absolute Gasteiger partial charge is 0.294 e. The molecular weight excluding hydrogens is 310 g/mol. The predicted molar refractivity (Wildman–Crippen MR) is 77.0 cm³/mol. The Kier molecular flexibility index (Phi) is 5.17. The van der Waals surface area contributed by atoms with E-state index in [-0.39, 0.29) is 19.6 Å². The van der Waals surface area contributed by atoms with Crippen molar-refractivity contribution in [3.8, 4) is 0 Å². The first-order chi connectivity index (χ1) is 10.7. The van der Waals surface area contributed by atoms with Crippen LogP contribution in [0.5, 0.6) is 0 Å². The molecule has 9 heteroatoms. The largest absolute Gasteiger partial charge is 0.393 e. The van der Waals surface area contributed by atoms with Crippen LogP contribution in [0.1, 0.15) is 33.6 Å². The molecule has 134 valence electrons. The first-order valence-corrected chi connectivity index (χ1v) is 7.83. The second kappa shape index (κ2) is 6.48. The molecule has 2 saturated heterocycles. The summed E-state index contributed by atoms with van der Waals surface area (Å²) < 4.78 is 11.0. The van der Waals surface area contributed by atoms with Crippen molar-refractivity contribution in [3.05, 3.63) is 10.1 Å². The van der Waals surface area contributed by atoms with E-state index in [1.54, 1.807) is 0 Å². The van der Waals surface area contributed by atoms with E-state index >= 15 is 0 Å². The van der Waals surface area contributed by atoms with Crippen LogP contribution in [0.4, 0.5) is 0 Å². The summed E-state index contributed by atoms with van der Waals surface area (Å²) in [5.74, 6) is 0. The average molecular weight is 335 g/mol. The van der Waals surface area contributed by atoms with Gasteiger partial charge in [0.2, 0.25) is 0 Å². The van der Waals surface area contributed by atoms with Crippen LogP contribution >= 0.6 is 0 Å². The van der Waals surface area contributed by atoms with Crippen molar-refractivity contribution in [3.63, 3.8) is 0 Å². The highest BCUT2D eigenvalue weighted by Gasteiger charge is 2.68. The first-order valence-electron chi connectivity index (χ1n) is 7.83. The summed E-state index contributed by atoms with van der Waals surface area (Å²) in [6.45, 7) is 4.56. The lowest BCUT2D eigenvalue weighted by Crippen LogP contribution is -2.66. The minimum Gasteiger partial charge on any atom is -0.393 e. The summed E-state index contributed by atoms with van der Waals surface area (Å²) in [7, 11) is 0. The summed E-state index contributed by atoms with van der Waals surface area (Å²) in [5.41, 5.74) is -3.09. The molecule has 0 spiro atoms. The van der Waals surface area contributed by atoms with Gasteiger partial charge in [0, 0.05) is 0 Å². The van der Waals surface area contributed by atoms with E-state index in [0.717, 1.165) is 0 Å². The summed E-state index contributed by atoms with van der Waals surface area (Å²) >= 11 is 0. The maximum absolute atomic E-state index is 11.4. The maximum Gasteiger partial charge on any atom is 0.294 e. The molecule has 0 aliphatic carbocycles. The lowest BCUT2D eigenvalue weighted by molar-refractivity contribution is -0.773. The monoisotopic (exact) mass is 335 g/mol. The normalized spacial score (nSPS) is 38.6. The molecule has 0 amide bonds. The van der Waals surface area contributed by atoms with Crippen LogP contribution in [0.2, 0.25) is 0 Å². The highest BCUT2D eigenvalue weighted by molar-refractivity contribution is 5.16. The third kappa shape index (κ3) is 2.70. The molecule has 0 radical (unpaired) electrons. The molecule has 0 aromatic rings. The SMILES string of the molecule is CCCC(C(C)O)(C(C)O[N+](=O)[O-])[C@]1(O)CO[C@@H]2[C@@H](O)CO[C@@H]21. The molecule has 2 rings (SSSR count). The summed E-state index contributed by atoms with van der Waals surface area (Å²) in [4.78, 5) is 15.5. The van der Waals surface area contributed by atoms with Gasteiger partial charge < -0.3 is 29.6 Å². The standard InChI is InChI=1S/C14H25NO8/c1-4-5-13(8(2)16,9(3)23-15(19)20)14(18)7-22-11-10(17)6-21-12(11)14/h8-12,16-18H,4-7H2,1-3H3/t8?,9?,10-,11+,12-,13?,14-/m0/s1. The van der Waals surface area contributed by atoms with Crippen LogP contribution < -0.4 is 0 Å². The number of aliphatic hydroxyl groups is 3. The second-order valence-electron chi connectivity index (χ2n) is 6.46. The fourth-order valence-electron chi connectivity index (χ4n) is 4.23. The summed E-state index contributed by atoms with van der Waals surface area (Å²) in [6, 6.07) is 0. The minimum absolute atomic E-state index is 0.00410. The Balaban J connectivity index is 2.45. The third-order valence-electron chi connectivity index (χ3n) is 5.28. The number of nitrogens with zero attached hydrogens (tertiary/aromatic N) is 1. The van der Waals surface area contributed by atoms with E-state index in [1.165, 1.54) is 13.8 Å². The molecule has 7 atom stereocenters. The zero-order valence-electron chi connectivity index (χ0n) is 13.5. The minimum atomic E-state index is -1.71. The van der Waals surface area contributed by atoms with Crippen molar-refractivity contribution in [2.24, 2.45) is 5.41 Å². The van der Waals surface area contributed by atoms with Crippen molar-refractivity contribution in [2.45, 2.75) is 69.7 Å². The van der Waals surface area contributed by atoms with Gasteiger partial charge in [-0.2, -0.15) is 0 Å². The Morgan fingerprint density at radius 3 is 2.65 bits per heavy atom. The Hall–Kier alpha value is -1.00. The topological polar surface area (TPSA) is 132 Å². The zero-order valence-corrected chi connectivity index (χ0v) is 13.5. The summed E-state index contributed by atoms with van der Waals surface area (Å²) in [5, 5.41) is 41.6. The molecule has 0 aromatic heterocycles. The van der Waals surface area contributed by atoms with E-state index in [9.17, 15) is 25.4 Å². The molecule has 2 aliphatic rings. The van der Waals surface area contributed by atoms with Gasteiger partial charge in [-0.1, -0.05) is 13.3 Å². The van der Waals surface area contributed by atoms with Gasteiger partial charge in [0.05, 0.1) is 24.7 Å². The van der Waals surface area contributed by atoms with Gasteiger partial charge in [-0.15, -0.1) is 10.1 Å². The van der Waals surface area contributed by atoms with Crippen molar-refractivity contribution in [1.82, 2.24) is 0 Å². The van der Waals surface area contributed by atoms with Crippen molar-refractivity contribution in [2.75, 3.05) is 13.2 Å². The van der Waals surface area contributed by atoms with E-state index in [2.05, 4.69) is 0 Å². The van der Waals surface area contributed by atoms with Crippen LogP contribution in [0.25, 0.3) is 0 Å². The lowest BCUT2D eigenvalue weighted by atomic mass is 9.60. The number of aliphatic hydroxyl groups excluding tert-OH is 2. The molecule has 3 unspecified atom stereocenters. The van der Waals surface area contributed by atoms with Crippen LogP contribution in [0.15, 0.2) is 0 Å². The molecule has 0 bridgehead atoms. The van der Waals surface area contributed by atoms with Crippen LogP contribution in [0, 0.1) is 15.5 Å². The van der Waals surface area contributed by atoms with Crippen molar-refractivity contribution < 1.29 is 34.7 Å². The molecule has 2 aliphatic heterocycles. The molecule has 9 nitrogen and oxygen atoms in total. The predicted octanol–water partition coefficient (Wildman–Crippen LogP) is -0.360. The second-order valence-corrected chi connectivity index (χ2v) is 6.46. The van der Waals surface area contributed by atoms with Gasteiger partial charge in [-0.25, -0.2) is 0 Å². The van der Waals surface area contributed by atoms with E-state index in [4.69, 9.17) is 14.3 Å². The molecule has 0 saturated carbocycles. The van der Waals surface area contributed by atoms with Gasteiger partial charge in [0.25, 0.3) is 5.09 Å². The number of rotatable bonds is 7. The molecule has 2 fully saturated rings. The van der Waals surface area contributed by atoms with E-state index in [0.29, 0.717) is 6.42 Å². The molecule has 23 heavy (non-hydrogen) atoms. The van der Waals surface area contributed by atoms with Gasteiger partial charge in [0.15, 0.2) is 0 Å². The fraction of sp³-hybridized carbons (Fsp3) is 1.00. The van der Waals surface area contributed by atoms with E-state index < -0.39 is 46.6 Å². The van der Waals surface area contributed by atoms with Gasteiger partial charge in [-0.05, 0) is 20.3 Å². The average Bonchev–Trinajstić information content (AvgIpc) is 2.98. The summed E-state index contributed by atoms with van der Waals surface area (Å²) in [6.07, 6.45) is -3.87. The van der Waals surface area contributed by atoms with Gasteiger partial charge in [0.1, 0.15) is 30.0 Å². The van der Waals surface area contributed by atoms with Gasteiger partial charge in [-0.3, -0.25) is 0 Å². The maximum atomic E-state index is 11.4. The van der Waals surface area contributed by atoms with E-state index in [1.807, 2.05) is 6.92 Å². The first kappa shape index (κ1) is 18.3. The fourth-order valence-corrected chi connectivity index (χ4v) is 4.23.